The van der Waals surface area contributed by atoms with Gasteiger partial charge in [0.1, 0.15) is 11.6 Å². The Morgan fingerprint density at radius 3 is 2.61 bits per heavy atom. The van der Waals surface area contributed by atoms with Crippen LogP contribution in [0.4, 0.5) is 8.78 Å². The average Bonchev–Trinajstić information content (AvgIpc) is 2.31. The number of hydrogen-bond donors (Lipinski definition) is 1. The predicted molar refractivity (Wildman–Crippen MR) is 67.8 cm³/mol. The molecule has 1 aliphatic heterocycles. The summed E-state index contributed by atoms with van der Waals surface area (Å²) in [6, 6.07) is 1.96. The van der Waals surface area contributed by atoms with Crippen LogP contribution in [0.15, 0.2) is 17.0 Å². The van der Waals surface area contributed by atoms with E-state index in [-0.39, 0.29) is 22.1 Å². The molecule has 1 aromatic rings. The van der Waals surface area contributed by atoms with E-state index >= 15 is 0 Å². The monoisotopic (exact) mass is 273 g/mol. The van der Waals surface area contributed by atoms with E-state index < -0.39 is 22.4 Å². The largest absolute Gasteiger partial charge is 0.310 e. The molecule has 18 heavy (non-hydrogen) atoms. The minimum absolute atomic E-state index is 0.0690. The van der Waals surface area contributed by atoms with E-state index in [0.29, 0.717) is 12.1 Å². The zero-order chi connectivity index (χ0) is 13.4. The summed E-state index contributed by atoms with van der Waals surface area (Å²) in [6.45, 7) is 6.45. The fourth-order valence-corrected chi connectivity index (χ4v) is 4.06. The van der Waals surface area contributed by atoms with Gasteiger partial charge in [0.15, 0.2) is 0 Å². The second-order valence-corrected chi connectivity index (χ2v) is 6.45. The predicted octanol–water partition coefficient (Wildman–Crippen LogP) is 2.76. The van der Waals surface area contributed by atoms with Crippen molar-refractivity contribution in [1.29, 1.82) is 0 Å². The fourth-order valence-electron chi connectivity index (χ4n) is 2.47. The minimum Gasteiger partial charge on any atom is -0.310 e. The van der Waals surface area contributed by atoms with Crippen molar-refractivity contribution < 1.29 is 13.0 Å². The summed E-state index contributed by atoms with van der Waals surface area (Å²) in [6.07, 6.45) is 0. The number of rotatable bonds is 2. The molecule has 0 bridgehead atoms. The summed E-state index contributed by atoms with van der Waals surface area (Å²) < 4.78 is 39.4. The smallest absolute Gasteiger partial charge is 0.142 e. The SMILES string of the molecule is CCNC1c2cc(F)cc(F)c2S(=O)C(C)C1C. The molecule has 0 fully saturated rings. The zero-order valence-electron chi connectivity index (χ0n) is 10.7. The third-order valence-electron chi connectivity index (χ3n) is 3.60. The average molecular weight is 273 g/mol. The Morgan fingerprint density at radius 2 is 2.00 bits per heavy atom. The molecule has 100 valence electrons. The first-order chi connectivity index (χ1) is 8.47. The van der Waals surface area contributed by atoms with Gasteiger partial charge in [0.05, 0.1) is 15.7 Å². The number of nitrogens with one attached hydrogen (secondary N) is 1. The molecule has 0 saturated carbocycles. The highest BCUT2D eigenvalue weighted by molar-refractivity contribution is 7.85. The maximum absolute atomic E-state index is 13.8. The quantitative estimate of drug-likeness (QED) is 0.897. The lowest BCUT2D eigenvalue weighted by molar-refractivity contribution is 0.366. The lowest BCUT2D eigenvalue weighted by atomic mass is 9.91. The molecular weight excluding hydrogens is 256 g/mol. The van der Waals surface area contributed by atoms with Gasteiger partial charge in [0.25, 0.3) is 0 Å². The molecule has 0 amide bonds. The summed E-state index contributed by atoms with van der Waals surface area (Å²) in [5.41, 5.74) is 0.498. The highest BCUT2D eigenvalue weighted by atomic mass is 32.2. The molecule has 4 atom stereocenters. The van der Waals surface area contributed by atoms with E-state index in [0.717, 1.165) is 6.07 Å². The number of benzene rings is 1. The van der Waals surface area contributed by atoms with Gasteiger partial charge in [0, 0.05) is 17.4 Å². The summed E-state index contributed by atoms with van der Waals surface area (Å²) in [4.78, 5) is 0.160. The van der Waals surface area contributed by atoms with E-state index in [2.05, 4.69) is 5.32 Å². The summed E-state index contributed by atoms with van der Waals surface area (Å²) in [7, 11) is -1.42. The number of hydrogen-bond acceptors (Lipinski definition) is 2. The molecule has 5 heteroatoms. The first-order valence-electron chi connectivity index (χ1n) is 6.10. The number of halogens is 2. The Balaban J connectivity index is 2.61. The van der Waals surface area contributed by atoms with Crippen LogP contribution in [0.5, 0.6) is 0 Å². The topological polar surface area (TPSA) is 29.1 Å². The van der Waals surface area contributed by atoms with Crippen molar-refractivity contribution in [3.05, 3.63) is 29.3 Å². The van der Waals surface area contributed by atoms with Crippen LogP contribution in [0.1, 0.15) is 32.4 Å². The maximum Gasteiger partial charge on any atom is 0.142 e. The third-order valence-corrected chi connectivity index (χ3v) is 5.54. The van der Waals surface area contributed by atoms with Crippen LogP contribution < -0.4 is 5.32 Å². The molecule has 1 aliphatic rings. The lowest BCUT2D eigenvalue weighted by Gasteiger charge is -2.35. The molecule has 0 spiro atoms. The van der Waals surface area contributed by atoms with Crippen LogP contribution in [-0.4, -0.2) is 16.0 Å². The maximum atomic E-state index is 13.8. The molecule has 0 aliphatic carbocycles. The van der Waals surface area contributed by atoms with Gasteiger partial charge < -0.3 is 5.32 Å². The van der Waals surface area contributed by atoms with Gasteiger partial charge in [-0.3, -0.25) is 4.21 Å². The molecular formula is C13H17F2NOS. The highest BCUT2D eigenvalue weighted by Crippen LogP contribution is 2.39. The number of fused-ring (bicyclic) bond motifs is 1. The molecule has 1 N–H and O–H groups in total. The molecule has 0 saturated heterocycles. The molecule has 4 unspecified atom stereocenters. The van der Waals surface area contributed by atoms with Gasteiger partial charge in [-0.25, -0.2) is 8.78 Å². The van der Waals surface area contributed by atoms with Crippen LogP contribution in [0.25, 0.3) is 0 Å². The van der Waals surface area contributed by atoms with Crippen LogP contribution >= 0.6 is 0 Å². The van der Waals surface area contributed by atoms with Gasteiger partial charge in [-0.15, -0.1) is 0 Å². The normalized spacial score (nSPS) is 31.2. The van der Waals surface area contributed by atoms with Gasteiger partial charge in [-0.1, -0.05) is 20.8 Å². The Bertz CT molecular complexity index is 492. The minimum atomic E-state index is -1.42. The van der Waals surface area contributed by atoms with Crippen molar-refractivity contribution in [1.82, 2.24) is 5.32 Å². The summed E-state index contributed by atoms with van der Waals surface area (Å²) in [5, 5.41) is 3.08. The van der Waals surface area contributed by atoms with Crippen molar-refractivity contribution in [3.63, 3.8) is 0 Å². The van der Waals surface area contributed by atoms with E-state index in [1.165, 1.54) is 6.07 Å². The van der Waals surface area contributed by atoms with Crippen molar-refractivity contribution in [3.8, 4) is 0 Å². The molecule has 0 aromatic heterocycles. The Labute approximate surface area is 108 Å². The first-order valence-corrected chi connectivity index (χ1v) is 7.31. The Kier molecular flexibility index (Phi) is 3.82. The van der Waals surface area contributed by atoms with Crippen molar-refractivity contribution in [2.24, 2.45) is 5.92 Å². The molecule has 2 nitrogen and oxygen atoms in total. The van der Waals surface area contributed by atoms with E-state index in [1.807, 2.05) is 20.8 Å². The lowest BCUT2D eigenvalue weighted by Crippen LogP contribution is -2.39. The van der Waals surface area contributed by atoms with Crippen LogP contribution in [-0.2, 0) is 10.8 Å². The summed E-state index contributed by atoms with van der Waals surface area (Å²) >= 11 is 0. The molecule has 1 heterocycles. The van der Waals surface area contributed by atoms with Gasteiger partial charge in [-0.05, 0) is 24.1 Å². The molecule has 2 rings (SSSR count). The third kappa shape index (κ3) is 2.10. The van der Waals surface area contributed by atoms with E-state index in [9.17, 15) is 13.0 Å². The van der Waals surface area contributed by atoms with Gasteiger partial charge >= 0.3 is 0 Å². The van der Waals surface area contributed by atoms with Gasteiger partial charge in [-0.2, -0.15) is 0 Å². The highest BCUT2D eigenvalue weighted by Gasteiger charge is 2.38. The van der Waals surface area contributed by atoms with E-state index in [4.69, 9.17) is 0 Å². The second-order valence-electron chi connectivity index (χ2n) is 4.70. The molecule has 0 radical (unpaired) electrons. The standard InChI is InChI=1S/C13H17F2NOS/c1-4-16-12-7(2)8(3)18(17)13-10(12)5-9(14)6-11(13)15/h5-8,12,16H,4H2,1-3H3. The first kappa shape index (κ1) is 13.6. The van der Waals surface area contributed by atoms with Crippen molar-refractivity contribution >= 4 is 10.8 Å². The van der Waals surface area contributed by atoms with Crippen LogP contribution in [0.2, 0.25) is 0 Å². The second kappa shape index (κ2) is 5.05. The van der Waals surface area contributed by atoms with Crippen LogP contribution in [0, 0.1) is 17.6 Å². The Morgan fingerprint density at radius 1 is 1.33 bits per heavy atom. The van der Waals surface area contributed by atoms with Crippen LogP contribution in [0.3, 0.4) is 0 Å². The van der Waals surface area contributed by atoms with Crippen molar-refractivity contribution in [2.45, 2.75) is 37.0 Å². The zero-order valence-corrected chi connectivity index (χ0v) is 11.5. The van der Waals surface area contributed by atoms with Crippen molar-refractivity contribution in [2.75, 3.05) is 6.54 Å². The Hall–Kier alpha value is -0.810. The summed E-state index contributed by atoms with van der Waals surface area (Å²) in [5.74, 6) is -1.25. The van der Waals surface area contributed by atoms with E-state index in [1.54, 1.807) is 0 Å². The molecule has 1 aromatic carbocycles. The fraction of sp³-hybridized carbons (Fsp3) is 0.538. The van der Waals surface area contributed by atoms with Gasteiger partial charge in [0.2, 0.25) is 0 Å².